The molecule has 0 aliphatic heterocycles. The molecule has 0 spiro atoms. The van der Waals surface area contributed by atoms with Crippen molar-refractivity contribution in [3.8, 4) is 0 Å². The van der Waals surface area contributed by atoms with Crippen LogP contribution >= 0.6 is 0 Å². The Bertz CT molecular complexity index is 1200. The number of amides is 1. The van der Waals surface area contributed by atoms with Crippen LogP contribution in [-0.4, -0.2) is 17.6 Å². The van der Waals surface area contributed by atoms with E-state index in [0.717, 1.165) is 28.3 Å². The van der Waals surface area contributed by atoms with Gasteiger partial charge in [-0.15, -0.1) is 0 Å². The zero-order valence-electron chi connectivity index (χ0n) is 15.0. The van der Waals surface area contributed by atoms with Crippen LogP contribution in [0.5, 0.6) is 0 Å². The van der Waals surface area contributed by atoms with E-state index in [1.54, 1.807) is 6.92 Å². The molecule has 0 bridgehead atoms. The van der Waals surface area contributed by atoms with Crippen LogP contribution in [0.25, 0.3) is 21.7 Å². The van der Waals surface area contributed by atoms with Crippen LogP contribution in [0, 0.1) is 18.6 Å². The Hall–Kier alpha value is -3.25. The number of furan rings is 1. The predicted molar refractivity (Wildman–Crippen MR) is 102 cm³/mol. The number of aryl methyl sites for hydroxylation is 1. The van der Waals surface area contributed by atoms with Crippen LogP contribution in [0.2, 0.25) is 0 Å². The van der Waals surface area contributed by atoms with Gasteiger partial charge >= 0.3 is 0 Å². The van der Waals surface area contributed by atoms with E-state index in [1.807, 2.05) is 36.4 Å². The smallest absolute Gasteiger partial charge is 0.287 e. The Morgan fingerprint density at radius 1 is 1.07 bits per heavy atom. The van der Waals surface area contributed by atoms with Crippen molar-refractivity contribution in [1.29, 1.82) is 0 Å². The number of hydrogen-bond donors (Lipinski definition) is 2. The molecule has 1 unspecified atom stereocenters. The van der Waals surface area contributed by atoms with Crippen molar-refractivity contribution in [2.75, 3.05) is 6.54 Å². The van der Waals surface area contributed by atoms with Gasteiger partial charge in [0.05, 0.1) is 6.10 Å². The van der Waals surface area contributed by atoms with E-state index in [-0.39, 0.29) is 17.9 Å². The maximum atomic E-state index is 13.3. The summed E-state index contributed by atoms with van der Waals surface area (Å²) in [4.78, 5) is 12.6. The van der Waals surface area contributed by atoms with Crippen molar-refractivity contribution in [3.05, 3.63) is 83.1 Å². The SMILES string of the molecule is Cc1c(C(=O)NCC(O)c2ccc(F)c(F)c2)oc2c1ccc1ccccc12. The fraction of sp³-hybridized carbons (Fsp3) is 0.136. The second kappa shape index (κ2) is 7.05. The van der Waals surface area contributed by atoms with Crippen LogP contribution in [0.4, 0.5) is 8.78 Å². The maximum absolute atomic E-state index is 13.3. The molecule has 28 heavy (non-hydrogen) atoms. The highest BCUT2D eigenvalue weighted by Crippen LogP contribution is 2.31. The number of carbonyl (C=O) groups is 1. The fourth-order valence-corrected chi connectivity index (χ4v) is 3.27. The Kier molecular flexibility index (Phi) is 4.57. The van der Waals surface area contributed by atoms with Crippen LogP contribution < -0.4 is 5.32 Å². The summed E-state index contributed by atoms with van der Waals surface area (Å²) in [6.07, 6.45) is -1.18. The summed E-state index contributed by atoms with van der Waals surface area (Å²) in [5.41, 5.74) is 1.49. The first kappa shape index (κ1) is 18.1. The number of benzene rings is 3. The van der Waals surface area contributed by atoms with Crippen LogP contribution in [0.3, 0.4) is 0 Å². The molecule has 4 aromatic rings. The van der Waals surface area contributed by atoms with Gasteiger partial charge < -0.3 is 14.8 Å². The van der Waals surface area contributed by atoms with E-state index in [2.05, 4.69) is 5.32 Å². The summed E-state index contributed by atoms with van der Waals surface area (Å²) in [6.45, 7) is 1.63. The minimum Gasteiger partial charge on any atom is -0.450 e. The molecule has 0 aliphatic carbocycles. The highest BCUT2D eigenvalue weighted by molar-refractivity contribution is 6.08. The minimum absolute atomic E-state index is 0.156. The van der Waals surface area contributed by atoms with Crippen molar-refractivity contribution >= 4 is 27.6 Å². The zero-order valence-corrected chi connectivity index (χ0v) is 15.0. The van der Waals surface area contributed by atoms with E-state index in [4.69, 9.17) is 4.42 Å². The van der Waals surface area contributed by atoms with E-state index < -0.39 is 23.6 Å². The lowest BCUT2D eigenvalue weighted by Gasteiger charge is -2.12. The second-order valence-electron chi connectivity index (χ2n) is 6.62. The molecule has 1 heterocycles. The van der Waals surface area contributed by atoms with Gasteiger partial charge in [-0.1, -0.05) is 42.5 Å². The molecule has 1 aromatic heterocycles. The molecule has 0 radical (unpaired) electrons. The number of nitrogens with one attached hydrogen (secondary N) is 1. The lowest BCUT2D eigenvalue weighted by molar-refractivity contribution is 0.0890. The fourth-order valence-electron chi connectivity index (χ4n) is 3.27. The molecule has 142 valence electrons. The Labute approximate surface area is 159 Å². The van der Waals surface area contributed by atoms with Crippen molar-refractivity contribution in [1.82, 2.24) is 5.32 Å². The number of halogens is 2. The lowest BCUT2D eigenvalue weighted by atomic mass is 10.1. The van der Waals surface area contributed by atoms with Crippen LogP contribution in [0.1, 0.15) is 27.8 Å². The molecule has 1 atom stereocenters. The summed E-state index contributed by atoms with van der Waals surface area (Å²) < 4.78 is 32.2. The summed E-state index contributed by atoms with van der Waals surface area (Å²) in [5, 5.41) is 15.5. The first-order valence-corrected chi connectivity index (χ1v) is 8.78. The average Bonchev–Trinajstić information content (AvgIpc) is 3.05. The molecule has 6 heteroatoms. The molecule has 3 aromatic carbocycles. The molecule has 2 N–H and O–H groups in total. The van der Waals surface area contributed by atoms with Gasteiger partial charge in [0.1, 0.15) is 5.58 Å². The molecular weight excluding hydrogens is 364 g/mol. The van der Waals surface area contributed by atoms with Gasteiger partial charge in [-0.25, -0.2) is 8.78 Å². The van der Waals surface area contributed by atoms with Gasteiger partial charge in [0, 0.05) is 22.9 Å². The largest absolute Gasteiger partial charge is 0.450 e. The zero-order chi connectivity index (χ0) is 19.8. The molecule has 0 saturated heterocycles. The van der Waals surface area contributed by atoms with Crippen molar-refractivity contribution in [3.63, 3.8) is 0 Å². The number of carbonyl (C=O) groups excluding carboxylic acids is 1. The summed E-state index contributed by atoms with van der Waals surface area (Å²) >= 11 is 0. The highest BCUT2D eigenvalue weighted by Gasteiger charge is 2.20. The third kappa shape index (κ3) is 3.12. The minimum atomic E-state index is -1.18. The van der Waals surface area contributed by atoms with E-state index >= 15 is 0 Å². The number of aliphatic hydroxyl groups is 1. The van der Waals surface area contributed by atoms with Gasteiger partial charge in [0.15, 0.2) is 17.4 Å². The summed E-state index contributed by atoms with van der Waals surface area (Å²) in [6, 6.07) is 14.7. The van der Waals surface area contributed by atoms with Gasteiger partial charge in [-0.2, -0.15) is 0 Å². The van der Waals surface area contributed by atoms with E-state index in [1.165, 1.54) is 6.07 Å². The van der Waals surface area contributed by atoms with E-state index in [0.29, 0.717) is 11.1 Å². The first-order chi connectivity index (χ1) is 13.5. The topological polar surface area (TPSA) is 62.5 Å². The van der Waals surface area contributed by atoms with Gasteiger partial charge in [0.2, 0.25) is 0 Å². The molecular formula is C22H17F2NO3. The van der Waals surface area contributed by atoms with Crippen LogP contribution in [0.15, 0.2) is 59.0 Å². The average molecular weight is 381 g/mol. The standard InChI is InChI=1S/C22H17F2NO3/c1-12-15-8-6-13-4-2-3-5-16(13)21(15)28-20(12)22(27)25-11-19(26)14-7-9-17(23)18(24)10-14/h2-10,19,26H,11H2,1H3,(H,25,27). The number of fused-ring (bicyclic) bond motifs is 3. The number of rotatable bonds is 4. The third-order valence-corrected chi connectivity index (χ3v) is 4.82. The lowest BCUT2D eigenvalue weighted by Crippen LogP contribution is -2.28. The summed E-state index contributed by atoms with van der Waals surface area (Å²) in [5.74, 6) is -2.38. The van der Waals surface area contributed by atoms with Crippen molar-refractivity contribution in [2.45, 2.75) is 13.0 Å². The molecule has 0 saturated carbocycles. The van der Waals surface area contributed by atoms with Crippen molar-refractivity contribution < 1.29 is 23.1 Å². The van der Waals surface area contributed by atoms with E-state index in [9.17, 15) is 18.7 Å². The predicted octanol–water partition coefficient (Wildman–Crippen LogP) is 4.64. The van der Waals surface area contributed by atoms with Gasteiger partial charge in [-0.05, 0) is 30.0 Å². The Morgan fingerprint density at radius 3 is 2.64 bits per heavy atom. The Balaban J connectivity index is 1.58. The Morgan fingerprint density at radius 2 is 1.86 bits per heavy atom. The maximum Gasteiger partial charge on any atom is 0.287 e. The van der Waals surface area contributed by atoms with Gasteiger partial charge in [-0.3, -0.25) is 4.79 Å². The molecule has 0 aliphatic rings. The number of aliphatic hydroxyl groups excluding tert-OH is 1. The van der Waals surface area contributed by atoms with Crippen LogP contribution in [-0.2, 0) is 0 Å². The quantitative estimate of drug-likeness (QED) is 0.542. The molecule has 0 fully saturated rings. The number of hydrogen-bond acceptors (Lipinski definition) is 3. The molecule has 1 amide bonds. The van der Waals surface area contributed by atoms with Gasteiger partial charge in [0.25, 0.3) is 5.91 Å². The summed E-state index contributed by atoms with van der Waals surface area (Å²) in [7, 11) is 0. The first-order valence-electron chi connectivity index (χ1n) is 8.78. The third-order valence-electron chi connectivity index (χ3n) is 4.82. The molecule has 4 rings (SSSR count). The molecule has 4 nitrogen and oxygen atoms in total. The normalized spacial score (nSPS) is 12.4. The van der Waals surface area contributed by atoms with Crippen molar-refractivity contribution in [2.24, 2.45) is 0 Å². The second-order valence-corrected chi connectivity index (χ2v) is 6.62. The highest BCUT2D eigenvalue weighted by atomic mass is 19.2. The monoisotopic (exact) mass is 381 g/mol.